The number of ether oxygens (including phenoxy) is 1. The van der Waals surface area contributed by atoms with E-state index in [4.69, 9.17) is 16.3 Å². The summed E-state index contributed by atoms with van der Waals surface area (Å²) in [4.78, 5) is 27.2. The van der Waals surface area contributed by atoms with E-state index in [1.807, 2.05) is 13.8 Å². The van der Waals surface area contributed by atoms with Crippen LogP contribution >= 0.6 is 11.6 Å². The first kappa shape index (κ1) is 25.3. The third kappa shape index (κ3) is 5.83. The van der Waals surface area contributed by atoms with Gasteiger partial charge in [-0.2, -0.15) is 0 Å². The molecule has 0 aliphatic rings. The summed E-state index contributed by atoms with van der Waals surface area (Å²) in [5, 5.41) is 9.84. The fourth-order valence-electron chi connectivity index (χ4n) is 3.07. The molecule has 0 bridgehead atoms. The maximum absolute atomic E-state index is 12.9. The highest BCUT2D eigenvalue weighted by Gasteiger charge is 2.24. The van der Waals surface area contributed by atoms with Crippen molar-refractivity contribution in [3.8, 4) is 5.75 Å². The van der Waals surface area contributed by atoms with Crippen LogP contribution in [0.25, 0.3) is 0 Å². The fraction of sp³-hybridized carbons (Fsp3) is 0.333. The van der Waals surface area contributed by atoms with Gasteiger partial charge in [0.1, 0.15) is 10.6 Å². The minimum atomic E-state index is -4.20. The molecule has 11 heteroatoms. The van der Waals surface area contributed by atoms with E-state index < -0.39 is 16.0 Å². The Kier molecular flexibility index (Phi) is 8.34. The first-order valence-electron chi connectivity index (χ1n) is 9.76. The first-order chi connectivity index (χ1) is 15.0. The lowest BCUT2D eigenvalue weighted by atomic mass is 10.1. The van der Waals surface area contributed by atoms with E-state index in [1.165, 1.54) is 43.5 Å². The average Bonchev–Trinajstić information content (AvgIpc) is 2.74. The van der Waals surface area contributed by atoms with Crippen LogP contribution in [0.15, 0.2) is 41.3 Å². The van der Waals surface area contributed by atoms with Crippen LogP contribution in [-0.2, 0) is 14.8 Å². The number of anilines is 2. The van der Waals surface area contributed by atoms with Gasteiger partial charge in [-0.15, -0.1) is 0 Å². The summed E-state index contributed by atoms with van der Waals surface area (Å²) in [7, 11) is -1.23. The zero-order chi connectivity index (χ0) is 24.1. The number of rotatable bonds is 10. The molecule has 2 rings (SSSR count). The van der Waals surface area contributed by atoms with Gasteiger partial charge in [0.15, 0.2) is 0 Å². The summed E-state index contributed by atoms with van der Waals surface area (Å²) in [5.74, 6) is -1.37. The van der Waals surface area contributed by atoms with Crippen molar-refractivity contribution in [1.82, 2.24) is 4.90 Å². The van der Waals surface area contributed by atoms with E-state index in [1.54, 1.807) is 16.8 Å². The molecule has 174 valence electrons. The number of methoxy groups -OCH3 is 1. The molecule has 9 nitrogen and oxygen atoms in total. The number of halogens is 1. The Morgan fingerprint density at radius 1 is 1.12 bits per heavy atom. The summed E-state index contributed by atoms with van der Waals surface area (Å²) in [6, 6.07) is 8.28. The Balaban J connectivity index is 2.37. The van der Waals surface area contributed by atoms with Gasteiger partial charge < -0.3 is 19.6 Å². The maximum Gasteiger partial charge on any atom is 0.337 e. The number of hydrogen-bond donors (Lipinski definition) is 2. The zero-order valence-electron chi connectivity index (χ0n) is 18.3. The molecular formula is C21H26ClN3O6S. The molecule has 2 N–H and O–H groups in total. The van der Waals surface area contributed by atoms with E-state index in [-0.39, 0.29) is 39.4 Å². The van der Waals surface area contributed by atoms with Crippen LogP contribution in [0, 0.1) is 0 Å². The molecule has 0 saturated heterocycles. The molecule has 0 heterocycles. The van der Waals surface area contributed by atoms with E-state index in [0.717, 1.165) is 0 Å². The van der Waals surface area contributed by atoms with Crippen molar-refractivity contribution in [3.63, 3.8) is 0 Å². The number of carboxylic acids is 1. The zero-order valence-corrected chi connectivity index (χ0v) is 19.8. The Bertz CT molecular complexity index is 1100. The van der Waals surface area contributed by atoms with Gasteiger partial charge >= 0.3 is 5.97 Å². The van der Waals surface area contributed by atoms with E-state index >= 15 is 0 Å². The third-order valence-corrected chi connectivity index (χ3v) is 6.44. The normalized spacial score (nSPS) is 11.0. The molecule has 1 amide bonds. The van der Waals surface area contributed by atoms with Crippen LogP contribution in [0.2, 0.25) is 5.02 Å². The summed E-state index contributed by atoms with van der Waals surface area (Å²) >= 11 is 5.93. The number of carbonyl (C=O) groups excluding carboxylic acids is 1. The topological polar surface area (TPSA) is 116 Å². The van der Waals surface area contributed by atoms with Gasteiger partial charge in [-0.3, -0.25) is 9.52 Å². The Morgan fingerprint density at radius 2 is 1.78 bits per heavy atom. The van der Waals surface area contributed by atoms with Crippen LogP contribution in [0.3, 0.4) is 0 Å². The van der Waals surface area contributed by atoms with Gasteiger partial charge in [0.05, 0.1) is 24.9 Å². The third-order valence-electron chi connectivity index (χ3n) is 4.82. The van der Waals surface area contributed by atoms with Crippen LogP contribution in [0.4, 0.5) is 11.4 Å². The summed E-state index contributed by atoms with van der Waals surface area (Å²) in [6.07, 6.45) is 0. The van der Waals surface area contributed by atoms with Gasteiger partial charge in [-0.05, 0) is 50.2 Å². The van der Waals surface area contributed by atoms with Gasteiger partial charge in [0.25, 0.3) is 10.0 Å². The summed E-state index contributed by atoms with van der Waals surface area (Å²) < 4.78 is 33.2. The number of amides is 1. The summed E-state index contributed by atoms with van der Waals surface area (Å²) in [6.45, 7) is 4.93. The molecule has 0 atom stereocenters. The minimum absolute atomic E-state index is 0.0471. The van der Waals surface area contributed by atoms with Crippen molar-refractivity contribution < 1.29 is 27.9 Å². The van der Waals surface area contributed by atoms with Crippen LogP contribution in [0.5, 0.6) is 5.75 Å². The molecule has 0 radical (unpaired) electrons. The molecule has 0 saturated carbocycles. The highest BCUT2D eigenvalue weighted by atomic mass is 35.5. The van der Waals surface area contributed by atoms with E-state index in [2.05, 4.69) is 4.72 Å². The molecule has 2 aromatic carbocycles. The van der Waals surface area contributed by atoms with Crippen molar-refractivity contribution in [3.05, 3.63) is 47.0 Å². The number of carboxylic acid groups (broad SMARTS) is 1. The quantitative estimate of drug-likeness (QED) is 0.533. The Labute approximate surface area is 192 Å². The molecule has 32 heavy (non-hydrogen) atoms. The fourth-order valence-corrected chi connectivity index (χ4v) is 4.58. The van der Waals surface area contributed by atoms with Crippen molar-refractivity contribution in [2.75, 3.05) is 43.4 Å². The van der Waals surface area contributed by atoms with Crippen molar-refractivity contribution in [1.29, 1.82) is 0 Å². The van der Waals surface area contributed by atoms with Crippen LogP contribution < -0.4 is 14.4 Å². The standard InChI is InChI=1S/C21H26ClN3O6S/c1-5-25(6-2)20(26)13-24(3)15-8-9-17(16(12-15)21(27)28)23-32(29,30)19-11-14(22)7-10-18(19)31-4/h7-12,23H,5-6,13H2,1-4H3,(H,27,28). The number of nitrogens with zero attached hydrogens (tertiary/aromatic N) is 2. The Hall–Kier alpha value is -2.98. The molecule has 0 unspecified atom stereocenters. The van der Waals surface area contributed by atoms with Crippen molar-refractivity contribution in [2.24, 2.45) is 0 Å². The number of hydrogen-bond acceptors (Lipinski definition) is 6. The smallest absolute Gasteiger partial charge is 0.337 e. The van der Waals surface area contributed by atoms with Gasteiger partial charge in [-0.25, -0.2) is 13.2 Å². The lowest BCUT2D eigenvalue weighted by Crippen LogP contribution is -2.38. The maximum atomic E-state index is 12.9. The number of benzene rings is 2. The van der Waals surface area contributed by atoms with Gasteiger partial charge in [0, 0.05) is 30.8 Å². The number of likely N-dealkylation sites (N-methyl/N-ethyl adjacent to an activating group) is 2. The molecule has 0 fully saturated rings. The van der Waals surface area contributed by atoms with Crippen molar-refractivity contribution in [2.45, 2.75) is 18.7 Å². The predicted octanol–water partition coefficient (Wildman–Crippen LogP) is 3.15. The highest BCUT2D eigenvalue weighted by Crippen LogP contribution is 2.30. The minimum Gasteiger partial charge on any atom is -0.495 e. The molecule has 2 aromatic rings. The van der Waals surface area contributed by atoms with Gasteiger partial charge in [0.2, 0.25) is 5.91 Å². The second-order valence-electron chi connectivity index (χ2n) is 6.86. The second kappa shape index (κ2) is 10.6. The number of nitrogens with one attached hydrogen (secondary N) is 1. The predicted molar refractivity (Wildman–Crippen MR) is 123 cm³/mol. The molecule has 0 spiro atoms. The molecule has 0 aromatic heterocycles. The van der Waals surface area contributed by atoms with Crippen molar-refractivity contribution >= 4 is 44.9 Å². The lowest BCUT2D eigenvalue weighted by Gasteiger charge is -2.25. The number of carbonyl (C=O) groups is 2. The highest BCUT2D eigenvalue weighted by molar-refractivity contribution is 7.92. The second-order valence-corrected chi connectivity index (χ2v) is 8.95. The van der Waals surface area contributed by atoms with E-state index in [0.29, 0.717) is 18.8 Å². The monoisotopic (exact) mass is 483 g/mol. The first-order valence-corrected chi connectivity index (χ1v) is 11.6. The largest absolute Gasteiger partial charge is 0.495 e. The lowest BCUT2D eigenvalue weighted by molar-refractivity contribution is -0.129. The summed E-state index contributed by atoms with van der Waals surface area (Å²) in [5.41, 5.74) is 0.0483. The number of aromatic carboxylic acids is 1. The molecule has 0 aliphatic heterocycles. The van der Waals surface area contributed by atoms with Gasteiger partial charge in [-0.1, -0.05) is 11.6 Å². The van der Waals surface area contributed by atoms with E-state index in [9.17, 15) is 23.1 Å². The van der Waals surface area contributed by atoms with Crippen LogP contribution in [-0.4, -0.2) is 64.1 Å². The molecule has 0 aliphatic carbocycles. The number of sulfonamides is 1. The SMILES string of the molecule is CCN(CC)C(=O)CN(C)c1ccc(NS(=O)(=O)c2cc(Cl)ccc2OC)c(C(=O)O)c1. The van der Waals surface area contributed by atoms with Crippen LogP contribution in [0.1, 0.15) is 24.2 Å². The average molecular weight is 484 g/mol. The Morgan fingerprint density at radius 3 is 2.34 bits per heavy atom. The molecular weight excluding hydrogens is 458 g/mol.